The van der Waals surface area contributed by atoms with Gasteiger partial charge in [0, 0.05) is 24.3 Å². The van der Waals surface area contributed by atoms with Crippen molar-refractivity contribution >= 4 is 11.6 Å². The number of amides is 1. The minimum atomic E-state index is -0.0558. The Hall–Kier alpha value is -2.03. The van der Waals surface area contributed by atoms with Gasteiger partial charge in [0.1, 0.15) is 0 Å². The van der Waals surface area contributed by atoms with Crippen molar-refractivity contribution in [1.82, 2.24) is 5.32 Å². The minimum absolute atomic E-state index is 0.0558. The van der Waals surface area contributed by atoms with Crippen molar-refractivity contribution < 1.29 is 4.79 Å². The van der Waals surface area contributed by atoms with Crippen molar-refractivity contribution in [3.63, 3.8) is 0 Å². The largest absolute Gasteiger partial charge is 0.385 e. The predicted octanol–water partition coefficient (Wildman–Crippen LogP) is 3.23. The molecule has 3 unspecified atom stereocenters. The second-order valence-corrected chi connectivity index (χ2v) is 6.00. The number of carbonyl (C=O) groups excluding carboxylic acids is 1. The van der Waals surface area contributed by atoms with Crippen LogP contribution in [0.4, 0.5) is 5.69 Å². The first-order valence-electron chi connectivity index (χ1n) is 7.67. The number of benzene rings is 1. The molecule has 3 nitrogen and oxygen atoms in total. The number of hydrogen-bond acceptors (Lipinski definition) is 2. The van der Waals surface area contributed by atoms with E-state index in [-0.39, 0.29) is 5.91 Å². The smallest absolute Gasteiger partial charge is 0.251 e. The molecule has 1 saturated carbocycles. The van der Waals surface area contributed by atoms with Crippen LogP contribution in [0.2, 0.25) is 0 Å². The molecular formula is C18H22N2O. The summed E-state index contributed by atoms with van der Waals surface area (Å²) in [6, 6.07) is 7.68. The molecule has 2 bridgehead atoms. The van der Waals surface area contributed by atoms with Gasteiger partial charge in [-0.15, -0.1) is 6.58 Å². The maximum absolute atomic E-state index is 11.8. The van der Waals surface area contributed by atoms with Crippen molar-refractivity contribution in [3.05, 3.63) is 54.6 Å². The van der Waals surface area contributed by atoms with Crippen molar-refractivity contribution in [2.24, 2.45) is 17.8 Å². The molecule has 21 heavy (non-hydrogen) atoms. The third kappa shape index (κ3) is 3.18. The Morgan fingerprint density at radius 1 is 1.24 bits per heavy atom. The van der Waals surface area contributed by atoms with Crippen molar-refractivity contribution in [3.8, 4) is 0 Å². The molecule has 1 amide bonds. The molecular weight excluding hydrogens is 260 g/mol. The van der Waals surface area contributed by atoms with E-state index in [1.165, 1.54) is 12.8 Å². The fraction of sp³-hybridized carbons (Fsp3) is 0.389. The van der Waals surface area contributed by atoms with Crippen LogP contribution in [-0.4, -0.2) is 19.0 Å². The van der Waals surface area contributed by atoms with E-state index in [1.807, 2.05) is 24.3 Å². The normalized spacial score (nSPS) is 25.8. The van der Waals surface area contributed by atoms with Crippen LogP contribution in [0.5, 0.6) is 0 Å². The highest BCUT2D eigenvalue weighted by Crippen LogP contribution is 2.43. The second kappa shape index (κ2) is 6.17. The van der Waals surface area contributed by atoms with Crippen LogP contribution in [0.15, 0.2) is 49.1 Å². The summed E-state index contributed by atoms with van der Waals surface area (Å²) >= 11 is 0. The lowest BCUT2D eigenvalue weighted by molar-refractivity contribution is 0.0958. The molecule has 1 aromatic carbocycles. The molecule has 3 atom stereocenters. The molecule has 0 heterocycles. The zero-order valence-corrected chi connectivity index (χ0v) is 12.2. The Labute approximate surface area is 126 Å². The molecule has 2 aliphatic rings. The fourth-order valence-corrected chi connectivity index (χ4v) is 3.38. The minimum Gasteiger partial charge on any atom is -0.385 e. The highest BCUT2D eigenvalue weighted by atomic mass is 16.1. The summed E-state index contributed by atoms with van der Waals surface area (Å²) in [5.74, 6) is 2.29. The van der Waals surface area contributed by atoms with E-state index in [0.717, 1.165) is 30.0 Å². The SMILES string of the molecule is C=CCNC(=O)c1ccc(NCC2CC3C=CC2C3)cc1. The average molecular weight is 282 g/mol. The van der Waals surface area contributed by atoms with Crippen LogP contribution >= 0.6 is 0 Å². The van der Waals surface area contributed by atoms with Gasteiger partial charge in [-0.2, -0.15) is 0 Å². The molecule has 1 fully saturated rings. The van der Waals surface area contributed by atoms with Gasteiger partial charge >= 0.3 is 0 Å². The Kier molecular flexibility index (Phi) is 4.09. The van der Waals surface area contributed by atoms with Crippen molar-refractivity contribution in [2.45, 2.75) is 12.8 Å². The lowest BCUT2D eigenvalue weighted by Crippen LogP contribution is -2.23. The predicted molar refractivity (Wildman–Crippen MR) is 86.3 cm³/mol. The van der Waals surface area contributed by atoms with E-state index >= 15 is 0 Å². The number of fused-ring (bicyclic) bond motifs is 2. The maximum atomic E-state index is 11.8. The molecule has 2 aliphatic carbocycles. The zero-order chi connectivity index (χ0) is 14.7. The number of anilines is 1. The molecule has 0 aliphatic heterocycles. The van der Waals surface area contributed by atoms with E-state index < -0.39 is 0 Å². The Bertz CT molecular complexity index is 547. The van der Waals surface area contributed by atoms with Gasteiger partial charge in [-0.1, -0.05) is 18.2 Å². The molecule has 0 spiro atoms. The standard InChI is InChI=1S/C18H22N2O/c1-2-9-19-18(21)14-5-7-17(8-6-14)20-12-16-11-13-3-4-15(16)10-13/h2-8,13,15-16,20H,1,9-12H2,(H,19,21). The number of allylic oxidation sites excluding steroid dienone is 2. The first-order valence-corrected chi connectivity index (χ1v) is 7.67. The third-order valence-electron chi connectivity index (χ3n) is 4.54. The van der Waals surface area contributed by atoms with E-state index in [9.17, 15) is 4.79 Å². The zero-order valence-electron chi connectivity index (χ0n) is 12.2. The summed E-state index contributed by atoms with van der Waals surface area (Å²) in [6.07, 6.45) is 9.09. The lowest BCUT2D eigenvalue weighted by atomic mass is 9.93. The number of hydrogen-bond donors (Lipinski definition) is 2. The summed E-state index contributed by atoms with van der Waals surface area (Å²) in [7, 11) is 0. The molecule has 110 valence electrons. The monoisotopic (exact) mass is 282 g/mol. The average Bonchev–Trinajstić information content (AvgIpc) is 3.14. The summed E-state index contributed by atoms with van der Waals surface area (Å²) in [5, 5.41) is 6.28. The van der Waals surface area contributed by atoms with Crippen molar-refractivity contribution in [2.75, 3.05) is 18.4 Å². The molecule has 3 heteroatoms. The van der Waals surface area contributed by atoms with Gasteiger partial charge < -0.3 is 10.6 Å². The molecule has 1 aromatic rings. The summed E-state index contributed by atoms with van der Waals surface area (Å²) < 4.78 is 0. The quantitative estimate of drug-likeness (QED) is 0.787. The highest BCUT2D eigenvalue weighted by Gasteiger charge is 2.35. The molecule has 3 rings (SSSR count). The first kappa shape index (κ1) is 13.9. The number of rotatable bonds is 6. The van der Waals surface area contributed by atoms with Crippen LogP contribution in [0.25, 0.3) is 0 Å². The highest BCUT2D eigenvalue weighted by molar-refractivity contribution is 5.94. The first-order chi connectivity index (χ1) is 10.3. The Morgan fingerprint density at radius 2 is 2.05 bits per heavy atom. The van der Waals surface area contributed by atoms with E-state index in [1.54, 1.807) is 6.08 Å². The van der Waals surface area contributed by atoms with Gasteiger partial charge in [0.2, 0.25) is 0 Å². The Morgan fingerprint density at radius 3 is 2.67 bits per heavy atom. The lowest BCUT2D eigenvalue weighted by Gasteiger charge is -2.19. The molecule has 0 aromatic heterocycles. The van der Waals surface area contributed by atoms with Crippen LogP contribution in [0.1, 0.15) is 23.2 Å². The van der Waals surface area contributed by atoms with Gasteiger partial charge in [-0.25, -0.2) is 0 Å². The number of nitrogens with one attached hydrogen (secondary N) is 2. The summed E-state index contributed by atoms with van der Waals surface area (Å²) in [6.45, 7) is 5.11. The van der Waals surface area contributed by atoms with Crippen LogP contribution in [0.3, 0.4) is 0 Å². The summed E-state index contributed by atoms with van der Waals surface area (Å²) in [4.78, 5) is 11.8. The van der Waals surface area contributed by atoms with Gasteiger partial charge in [-0.05, 0) is 54.9 Å². The molecule has 0 saturated heterocycles. The maximum Gasteiger partial charge on any atom is 0.251 e. The molecule has 2 N–H and O–H groups in total. The third-order valence-corrected chi connectivity index (χ3v) is 4.54. The van der Waals surface area contributed by atoms with Crippen LogP contribution in [-0.2, 0) is 0 Å². The second-order valence-electron chi connectivity index (χ2n) is 6.00. The van der Waals surface area contributed by atoms with E-state index in [0.29, 0.717) is 12.1 Å². The number of carbonyl (C=O) groups is 1. The fourth-order valence-electron chi connectivity index (χ4n) is 3.38. The van der Waals surface area contributed by atoms with Crippen LogP contribution < -0.4 is 10.6 Å². The van der Waals surface area contributed by atoms with Crippen LogP contribution in [0, 0.1) is 17.8 Å². The van der Waals surface area contributed by atoms with Gasteiger partial charge in [-0.3, -0.25) is 4.79 Å². The van der Waals surface area contributed by atoms with E-state index in [4.69, 9.17) is 0 Å². The van der Waals surface area contributed by atoms with Gasteiger partial charge in [0.05, 0.1) is 0 Å². The Balaban J connectivity index is 1.51. The van der Waals surface area contributed by atoms with Gasteiger partial charge in [0.25, 0.3) is 5.91 Å². The van der Waals surface area contributed by atoms with Crippen molar-refractivity contribution in [1.29, 1.82) is 0 Å². The van der Waals surface area contributed by atoms with E-state index in [2.05, 4.69) is 29.4 Å². The molecule has 0 radical (unpaired) electrons. The summed E-state index contributed by atoms with van der Waals surface area (Å²) in [5.41, 5.74) is 1.77. The van der Waals surface area contributed by atoms with Gasteiger partial charge in [0.15, 0.2) is 0 Å². The topological polar surface area (TPSA) is 41.1 Å².